The number of hydrogen-bond donors (Lipinski definition) is 3. The van der Waals surface area contributed by atoms with Crippen molar-refractivity contribution < 1.29 is 14.7 Å². The number of carbonyl (C=O) groups is 2. The van der Waals surface area contributed by atoms with Gasteiger partial charge in [0.25, 0.3) is 0 Å². The fourth-order valence-electron chi connectivity index (χ4n) is 2.08. The molecule has 5 nitrogen and oxygen atoms in total. The third-order valence-electron chi connectivity index (χ3n) is 3.18. The molecule has 0 aromatic carbocycles. The van der Waals surface area contributed by atoms with Gasteiger partial charge in [0.15, 0.2) is 0 Å². The fourth-order valence-corrected chi connectivity index (χ4v) is 2.08. The molecule has 0 heterocycles. The van der Waals surface area contributed by atoms with Crippen molar-refractivity contribution >= 4 is 12.0 Å². The van der Waals surface area contributed by atoms with Gasteiger partial charge in [0, 0.05) is 6.04 Å². The van der Waals surface area contributed by atoms with Crippen LogP contribution in [0.4, 0.5) is 4.79 Å². The molecule has 0 aromatic heterocycles. The summed E-state index contributed by atoms with van der Waals surface area (Å²) >= 11 is 0. The van der Waals surface area contributed by atoms with Crippen LogP contribution >= 0.6 is 0 Å². The molecule has 2 amide bonds. The van der Waals surface area contributed by atoms with Gasteiger partial charge in [-0.05, 0) is 32.6 Å². The summed E-state index contributed by atoms with van der Waals surface area (Å²) < 4.78 is 0. The second kappa shape index (κ2) is 5.72. The van der Waals surface area contributed by atoms with Crippen LogP contribution in [0.25, 0.3) is 0 Å². The Morgan fingerprint density at radius 3 is 2.25 bits per heavy atom. The minimum absolute atomic E-state index is 0.114. The Kier molecular flexibility index (Phi) is 4.58. The van der Waals surface area contributed by atoms with Crippen LogP contribution < -0.4 is 10.6 Å². The highest BCUT2D eigenvalue weighted by molar-refractivity contribution is 5.82. The topological polar surface area (TPSA) is 78.4 Å². The lowest BCUT2D eigenvalue weighted by Crippen LogP contribution is -2.48. The quantitative estimate of drug-likeness (QED) is 0.679. The molecule has 92 valence electrons. The van der Waals surface area contributed by atoms with E-state index in [1.807, 2.05) is 6.92 Å². The molecule has 3 N–H and O–H groups in total. The van der Waals surface area contributed by atoms with Gasteiger partial charge in [0.1, 0.15) is 6.04 Å². The summed E-state index contributed by atoms with van der Waals surface area (Å²) in [6.07, 6.45) is 4.75. The maximum atomic E-state index is 11.4. The monoisotopic (exact) mass is 228 g/mol. The summed E-state index contributed by atoms with van der Waals surface area (Å²) in [4.78, 5) is 22.0. The van der Waals surface area contributed by atoms with Gasteiger partial charge in [-0.15, -0.1) is 0 Å². The van der Waals surface area contributed by atoms with Crippen LogP contribution in [-0.4, -0.2) is 29.2 Å². The number of carboxylic acid groups (broad SMARTS) is 1. The molecule has 0 aromatic rings. The maximum absolute atomic E-state index is 11.4. The van der Waals surface area contributed by atoms with Crippen molar-refractivity contribution in [1.82, 2.24) is 10.6 Å². The van der Waals surface area contributed by atoms with E-state index in [4.69, 9.17) is 5.11 Å². The first-order valence-electron chi connectivity index (χ1n) is 5.80. The molecule has 16 heavy (non-hydrogen) atoms. The zero-order valence-corrected chi connectivity index (χ0v) is 9.82. The third-order valence-corrected chi connectivity index (χ3v) is 3.18. The number of nitrogens with one attached hydrogen (secondary N) is 2. The number of hydrogen-bond acceptors (Lipinski definition) is 2. The molecule has 1 rings (SSSR count). The van der Waals surface area contributed by atoms with E-state index in [0.29, 0.717) is 5.92 Å². The maximum Gasteiger partial charge on any atom is 0.325 e. The Labute approximate surface area is 95.6 Å². The number of amides is 2. The first-order valence-corrected chi connectivity index (χ1v) is 5.80. The summed E-state index contributed by atoms with van der Waals surface area (Å²) in [6, 6.07) is -1.13. The molecule has 1 aliphatic carbocycles. The fraction of sp³-hybridized carbons (Fsp3) is 0.818. The van der Waals surface area contributed by atoms with E-state index in [1.165, 1.54) is 19.8 Å². The molecule has 0 aliphatic heterocycles. The average molecular weight is 228 g/mol. The van der Waals surface area contributed by atoms with Gasteiger partial charge in [-0.25, -0.2) is 4.79 Å². The summed E-state index contributed by atoms with van der Waals surface area (Å²) in [5.41, 5.74) is 0. The second-order valence-corrected chi connectivity index (χ2v) is 4.51. The zero-order valence-electron chi connectivity index (χ0n) is 9.82. The van der Waals surface area contributed by atoms with Crippen LogP contribution in [-0.2, 0) is 4.79 Å². The molecule has 1 unspecified atom stereocenters. The third kappa shape index (κ3) is 3.72. The van der Waals surface area contributed by atoms with Gasteiger partial charge in [0.05, 0.1) is 0 Å². The Balaban J connectivity index is 2.30. The molecule has 5 heteroatoms. The molecule has 0 radical (unpaired) electrons. The molecular formula is C11H20N2O3. The minimum Gasteiger partial charge on any atom is -0.480 e. The Bertz CT molecular complexity index is 262. The van der Waals surface area contributed by atoms with Gasteiger partial charge >= 0.3 is 12.0 Å². The van der Waals surface area contributed by atoms with Crippen LogP contribution in [0.1, 0.15) is 39.5 Å². The molecule has 0 saturated heterocycles. The van der Waals surface area contributed by atoms with Gasteiger partial charge in [0.2, 0.25) is 0 Å². The van der Waals surface area contributed by atoms with Crippen molar-refractivity contribution in [1.29, 1.82) is 0 Å². The lowest BCUT2D eigenvalue weighted by atomic mass is 10.0. The summed E-state index contributed by atoms with van der Waals surface area (Å²) in [5, 5.41) is 13.8. The Hall–Kier alpha value is -1.26. The highest BCUT2D eigenvalue weighted by atomic mass is 16.4. The predicted octanol–water partition coefficient (Wildman–Crippen LogP) is 1.34. The van der Waals surface area contributed by atoms with Crippen molar-refractivity contribution in [2.24, 2.45) is 5.92 Å². The number of urea groups is 1. The van der Waals surface area contributed by atoms with Gasteiger partial charge < -0.3 is 15.7 Å². The van der Waals surface area contributed by atoms with Crippen LogP contribution in [0.5, 0.6) is 0 Å². The molecular weight excluding hydrogens is 208 g/mol. The van der Waals surface area contributed by atoms with Crippen molar-refractivity contribution in [3.8, 4) is 0 Å². The van der Waals surface area contributed by atoms with Gasteiger partial charge in [-0.3, -0.25) is 4.79 Å². The average Bonchev–Trinajstić information content (AvgIpc) is 2.69. The van der Waals surface area contributed by atoms with E-state index in [1.54, 1.807) is 0 Å². The molecule has 2 atom stereocenters. The summed E-state index contributed by atoms with van der Waals surface area (Å²) in [5.74, 6) is -0.491. The van der Waals surface area contributed by atoms with E-state index >= 15 is 0 Å². The highest BCUT2D eigenvalue weighted by Gasteiger charge is 2.23. The van der Waals surface area contributed by atoms with Crippen LogP contribution in [0.2, 0.25) is 0 Å². The summed E-state index contributed by atoms with van der Waals surface area (Å²) in [6.45, 7) is 3.42. The van der Waals surface area contributed by atoms with E-state index in [0.717, 1.165) is 12.8 Å². The Morgan fingerprint density at radius 1 is 1.19 bits per heavy atom. The highest BCUT2D eigenvalue weighted by Crippen LogP contribution is 2.27. The summed E-state index contributed by atoms with van der Waals surface area (Å²) in [7, 11) is 0. The van der Waals surface area contributed by atoms with E-state index in [9.17, 15) is 9.59 Å². The molecule has 0 spiro atoms. The van der Waals surface area contributed by atoms with E-state index in [2.05, 4.69) is 10.6 Å². The largest absolute Gasteiger partial charge is 0.480 e. The normalized spacial score (nSPS) is 20.1. The molecule has 0 bridgehead atoms. The second-order valence-electron chi connectivity index (χ2n) is 4.51. The number of carboxylic acids is 1. The van der Waals surface area contributed by atoms with E-state index < -0.39 is 18.0 Å². The van der Waals surface area contributed by atoms with Gasteiger partial charge in [-0.1, -0.05) is 12.8 Å². The standard InChI is InChI=1S/C11H20N2O3/c1-7(9-5-3-4-6-9)12-11(16)13-8(2)10(14)15/h7-9H,3-6H2,1-2H3,(H,14,15)(H2,12,13,16)/t7?,8-/m1/s1. The lowest BCUT2D eigenvalue weighted by Gasteiger charge is -2.21. The van der Waals surface area contributed by atoms with Crippen LogP contribution in [0.3, 0.4) is 0 Å². The van der Waals surface area contributed by atoms with Crippen molar-refractivity contribution in [2.75, 3.05) is 0 Å². The van der Waals surface area contributed by atoms with E-state index in [-0.39, 0.29) is 6.04 Å². The van der Waals surface area contributed by atoms with Crippen molar-refractivity contribution in [2.45, 2.75) is 51.6 Å². The Morgan fingerprint density at radius 2 is 1.75 bits per heavy atom. The lowest BCUT2D eigenvalue weighted by molar-refractivity contribution is -0.138. The van der Waals surface area contributed by atoms with Crippen molar-refractivity contribution in [3.63, 3.8) is 0 Å². The molecule has 1 aliphatic rings. The van der Waals surface area contributed by atoms with Crippen LogP contribution in [0, 0.1) is 5.92 Å². The van der Waals surface area contributed by atoms with Gasteiger partial charge in [-0.2, -0.15) is 0 Å². The zero-order chi connectivity index (χ0) is 12.1. The number of rotatable bonds is 4. The first-order chi connectivity index (χ1) is 7.50. The molecule has 1 fully saturated rings. The van der Waals surface area contributed by atoms with Crippen LogP contribution in [0.15, 0.2) is 0 Å². The predicted molar refractivity (Wildman–Crippen MR) is 60.2 cm³/mol. The SMILES string of the molecule is CC(NC(=O)N[C@H](C)C(=O)O)C1CCCC1. The molecule has 1 saturated carbocycles. The smallest absolute Gasteiger partial charge is 0.325 e. The minimum atomic E-state index is -1.02. The first kappa shape index (κ1) is 12.8. The number of carbonyl (C=O) groups excluding carboxylic acids is 1. The number of aliphatic carboxylic acids is 1. The van der Waals surface area contributed by atoms with Crippen molar-refractivity contribution in [3.05, 3.63) is 0 Å².